The predicted molar refractivity (Wildman–Crippen MR) is 90.1 cm³/mol. The number of rotatable bonds is 4. The van der Waals surface area contributed by atoms with Crippen LogP contribution in [0.3, 0.4) is 0 Å². The quantitative estimate of drug-likeness (QED) is 0.703. The summed E-state index contributed by atoms with van der Waals surface area (Å²) in [5.41, 5.74) is 2.92. The average Bonchev–Trinajstić information content (AvgIpc) is 2.99. The Bertz CT molecular complexity index is 824. The van der Waals surface area contributed by atoms with Crippen molar-refractivity contribution >= 4 is 11.6 Å². The summed E-state index contributed by atoms with van der Waals surface area (Å²) in [5.74, 6) is 1.18. The minimum absolute atomic E-state index is 0.157. The molecule has 0 aliphatic heterocycles. The summed E-state index contributed by atoms with van der Waals surface area (Å²) in [4.78, 5) is 8.51. The molecule has 0 saturated heterocycles. The van der Waals surface area contributed by atoms with Crippen molar-refractivity contribution in [3.63, 3.8) is 0 Å². The van der Waals surface area contributed by atoms with E-state index in [0.29, 0.717) is 17.7 Å². The molecule has 6 heteroatoms. The van der Waals surface area contributed by atoms with Crippen molar-refractivity contribution in [2.24, 2.45) is 0 Å². The molecular formula is C18H16ClN3O2. The predicted octanol–water partition coefficient (Wildman–Crippen LogP) is 4.42. The monoisotopic (exact) mass is 341 g/mol. The number of halogens is 1. The van der Waals surface area contributed by atoms with Crippen LogP contribution in [-0.4, -0.2) is 21.2 Å². The van der Waals surface area contributed by atoms with Gasteiger partial charge in [-0.2, -0.15) is 0 Å². The van der Waals surface area contributed by atoms with Gasteiger partial charge in [-0.1, -0.05) is 28.9 Å². The van der Waals surface area contributed by atoms with Crippen LogP contribution in [0.15, 0.2) is 47.2 Å². The van der Waals surface area contributed by atoms with Gasteiger partial charge in [0.1, 0.15) is 6.10 Å². The van der Waals surface area contributed by atoms with Crippen LogP contribution < -0.4 is 4.74 Å². The van der Waals surface area contributed by atoms with Gasteiger partial charge in [-0.25, -0.2) is 9.97 Å². The third-order valence-corrected chi connectivity index (χ3v) is 4.50. The highest BCUT2D eigenvalue weighted by atomic mass is 35.5. The van der Waals surface area contributed by atoms with Crippen LogP contribution in [0.5, 0.6) is 6.01 Å². The molecule has 24 heavy (non-hydrogen) atoms. The summed E-state index contributed by atoms with van der Waals surface area (Å²) in [6, 6.07) is 10.3. The van der Waals surface area contributed by atoms with Crippen LogP contribution in [0.25, 0.3) is 11.3 Å². The van der Waals surface area contributed by atoms with Crippen molar-refractivity contribution in [3.8, 4) is 17.3 Å². The van der Waals surface area contributed by atoms with Crippen LogP contribution in [-0.2, 0) is 0 Å². The number of aryl methyl sites for hydroxylation is 1. The number of aromatic nitrogens is 3. The molecule has 1 aliphatic carbocycles. The molecule has 0 bridgehead atoms. The van der Waals surface area contributed by atoms with E-state index in [1.807, 2.05) is 25.1 Å². The summed E-state index contributed by atoms with van der Waals surface area (Å²) < 4.78 is 11.0. The normalized spacial score (nSPS) is 19.8. The summed E-state index contributed by atoms with van der Waals surface area (Å²) in [7, 11) is 0. The SMILES string of the molecule is Cc1cc(-c2cnc(OC3CC(c4ccc(Cl)cc4)C3)nc2)on1. The molecule has 5 nitrogen and oxygen atoms in total. The van der Waals surface area contributed by atoms with Crippen molar-refractivity contribution in [1.82, 2.24) is 15.1 Å². The van der Waals surface area contributed by atoms with E-state index in [2.05, 4.69) is 27.3 Å². The van der Waals surface area contributed by atoms with Crippen molar-refractivity contribution in [3.05, 3.63) is 59.0 Å². The molecule has 2 aromatic heterocycles. The maximum Gasteiger partial charge on any atom is 0.316 e. The molecule has 0 spiro atoms. The molecular weight excluding hydrogens is 326 g/mol. The molecule has 1 aromatic carbocycles. The zero-order chi connectivity index (χ0) is 16.5. The minimum atomic E-state index is 0.157. The van der Waals surface area contributed by atoms with Crippen LogP contribution in [0.4, 0.5) is 0 Å². The van der Waals surface area contributed by atoms with Gasteiger partial charge in [0.05, 0.1) is 11.3 Å². The number of benzene rings is 1. The molecule has 0 radical (unpaired) electrons. The second kappa shape index (κ2) is 6.24. The standard InChI is InChI=1S/C18H16ClN3O2/c1-11-6-17(24-22-11)14-9-20-18(21-10-14)23-16-7-13(8-16)12-2-4-15(19)5-3-12/h2-6,9-10,13,16H,7-8H2,1H3. The molecule has 0 atom stereocenters. The van der Waals surface area contributed by atoms with Gasteiger partial charge in [0, 0.05) is 23.5 Å². The van der Waals surface area contributed by atoms with Crippen molar-refractivity contribution in [2.75, 3.05) is 0 Å². The van der Waals surface area contributed by atoms with Crippen molar-refractivity contribution in [1.29, 1.82) is 0 Å². The Morgan fingerprint density at radius 2 is 1.83 bits per heavy atom. The summed E-state index contributed by atoms with van der Waals surface area (Å²) in [5, 5.41) is 4.62. The van der Waals surface area contributed by atoms with Crippen molar-refractivity contribution in [2.45, 2.75) is 31.8 Å². The minimum Gasteiger partial charge on any atom is -0.460 e. The Morgan fingerprint density at radius 3 is 2.46 bits per heavy atom. The first kappa shape index (κ1) is 15.1. The maximum atomic E-state index is 5.92. The average molecular weight is 342 g/mol. The molecule has 3 aromatic rings. The Morgan fingerprint density at radius 1 is 1.12 bits per heavy atom. The van der Waals surface area contributed by atoms with E-state index >= 15 is 0 Å². The van der Waals surface area contributed by atoms with Crippen LogP contribution in [0.1, 0.15) is 30.0 Å². The topological polar surface area (TPSA) is 61.0 Å². The van der Waals surface area contributed by atoms with Gasteiger partial charge in [-0.15, -0.1) is 0 Å². The summed E-state index contributed by atoms with van der Waals surface area (Å²) in [6.45, 7) is 1.87. The van der Waals surface area contributed by atoms with Crippen LogP contribution >= 0.6 is 11.6 Å². The highest BCUT2D eigenvalue weighted by Gasteiger charge is 2.32. The fraction of sp³-hybridized carbons (Fsp3) is 0.278. The lowest BCUT2D eigenvalue weighted by molar-refractivity contribution is 0.0882. The zero-order valence-corrected chi connectivity index (χ0v) is 13.9. The molecule has 1 aliphatic rings. The number of ether oxygens (including phenoxy) is 1. The molecule has 0 N–H and O–H groups in total. The first-order valence-corrected chi connectivity index (χ1v) is 8.23. The van der Waals surface area contributed by atoms with Gasteiger partial charge in [0.25, 0.3) is 0 Å². The molecule has 2 heterocycles. The number of nitrogens with zero attached hydrogens (tertiary/aromatic N) is 3. The fourth-order valence-electron chi connectivity index (χ4n) is 2.82. The summed E-state index contributed by atoms with van der Waals surface area (Å²) >= 11 is 5.92. The van der Waals surface area contributed by atoms with E-state index in [1.165, 1.54) is 5.56 Å². The van der Waals surface area contributed by atoms with E-state index in [4.69, 9.17) is 20.9 Å². The Hall–Kier alpha value is -2.40. The van der Waals surface area contributed by atoms with Gasteiger partial charge < -0.3 is 9.26 Å². The van der Waals surface area contributed by atoms with E-state index in [-0.39, 0.29) is 6.10 Å². The molecule has 0 unspecified atom stereocenters. The largest absolute Gasteiger partial charge is 0.460 e. The second-order valence-corrected chi connectivity index (χ2v) is 6.48. The van der Waals surface area contributed by atoms with E-state index in [0.717, 1.165) is 29.1 Å². The Labute approximate surface area is 144 Å². The fourth-order valence-corrected chi connectivity index (χ4v) is 2.95. The van der Waals surface area contributed by atoms with Gasteiger partial charge in [-0.3, -0.25) is 0 Å². The third kappa shape index (κ3) is 3.12. The van der Waals surface area contributed by atoms with Crippen molar-refractivity contribution < 1.29 is 9.26 Å². The second-order valence-electron chi connectivity index (χ2n) is 6.05. The van der Waals surface area contributed by atoms with Gasteiger partial charge >= 0.3 is 6.01 Å². The highest BCUT2D eigenvalue weighted by Crippen LogP contribution is 2.39. The number of hydrogen-bond acceptors (Lipinski definition) is 5. The smallest absolute Gasteiger partial charge is 0.316 e. The maximum absolute atomic E-state index is 5.92. The Kier molecular flexibility index (Phi) is 3.94. The highest BCUT2D eigenvalue weighted by molar-refractivity contribution is 6.30. The van der Waals surface area contributed by atoms with Gasteiger partial charge in [-0.05, 0) is 43.4 Å². The lowest BCUT2D eigenvalue weighted by Crippen LogP contribution is -2.32. The van der Waals surface area contributed by atoms with Crippen LogP contribution in [0, 0.1) is 6.92 Å². The molecule has 1 fully saturated rings. The van der Waals surface area contributed by atoms with E-state index in [1.54, 1.807) is 12.4 Å². The zero-order valence-electron chi connectivity index (χ0n) is 13.1. The first-order valence-electron chi connectivity index (χ1n) is 7.85. The molecule has 4 rings (SSSR count). The number of hydrogen-bond donors (Lipinski definition) is 0. The lowest BCUT2D eigenvalue weighted by atomic mass is 9.77. The molecule has 0 amide bonds. The van der Waals surface area contributed by atoms with E-state index in [9.17, 15) is 0 Å². The molecule has 122 valence electrons. The van der Waals surface area contributed by atoms with E-state index < -0.39 is 0 Å². The van der Waals surface area contributed by atoms with Gasteiger partial charge in [0.2, 0.25) is 0 Å². The lowest BCUT2D eigenvalue weighted by Gasteiger charge is -2.34. The molecule has 1 saturated carbocycles. The van der Waals surface area contributed by atoms with Gasteiger partial charge in [0.15, 0.2) is 5.76 Å². The van der Waals surface area contributed by atoms with Crippen LogP contribution in [0.2, 0.25) is 5.02 Å². The first-order chi connectivity index (χ1) is 11.7. The third-order valence-electron chi connectivity index (χ3n) is 4.25. The summed E-state index contributed by atoms with van der Waals surface area (Å²) in [6.07, 6.45) is 5.47. The Balaban J connectivity index is 1.34.